The van der Waals surface area contributed by atoms with Gasteiger partial charge >= 0.3 is 0 Å². The van der Waals surface area contributed by atoms with Crippen molar-refractivity contribution in [2.45, 2.75) is 11.8 Å². The highest BCUT2D eigenvalue weighted by Crippen LogP contribution is 2.40. The van der Waals surface area contributed by atoms with Crippen molar-refractivity contribution in [3.63, 3.8) is 0 Å². The van der Waals surface area contributed by atoms with E-state index in [0.29, 0.717) is 6.42 Å². The van der Waals surface area contributed by atoms with Crippen LogP contribution >= 0.6 is 34.4 Å². The third-order valence-electron chi connectivity index (χ3n) is 2.90. The van der Waals surface area contributed by atoms with E-state index in [1.807, 2.05) is 34.2 Å². The Bertz CT molecular complexity index is 506. The summed E-state index contributed by atoms with van der Waals surface area (Å²) in [6.07, 6.45) is 0.542. The van der Waals surface area contributed by atoms with E-state index in [1.54, 1.807) is 22.7 Å². The van der Waals surface area contributed by atoms with Crippen LogP contribution in [0.4, 0.5) is 0 Å². The second kappa shape index (κ2) is 5.47. The molecule has 1 amide bonds. The van der Waals surface area contributed by atoms with Crippen molar-refractivity contribution in [2.24, 2.45) is 0 Å². The predicted molar refractivity (Wildman–Crippen MR) is 79.3 cm³/mol. The summed E-state index contributed by atoms with van der Waals surface area (Å²) in [5.41, 5.74) is 0. The lowest BCUT2D eigenvalue weighted by molar-refractivity contribution is -0.130. The molecule has 0 radical (unpaired) electrons. The Hall–Kier alpha value is -0.780. The average molecular weight is 295 g/mol. The number of amides is 1. The Morgan fingerprint density at radius 1 is 1.28 bits per heavy atom. The van der Waals surface area contributed by atoms with E-state index in [-0.39, 0.29) is 11.3 Å². The summed E-state index contributed by atoms with van der Waals surface area (Å²) in [5.74, 6) is 1.29. The highest BCUT2D eigenvalue weighted by molar-refractivity contribution is 7.99. The Balaban J connectivity index is 1.73. The monoisotopic (exact) mass is 295 g/mol. The Labute approximate surface area is 119 Å². The largest absolute Gasteiger partial charge is 0.325 e. The standard InChI is InChI=1S/C13H13NOS3/c15-12(9-10-3-1-6-16-10)14-5-8-18-13(14)11-4-2-7-17-11/h1-4,6-7,13H,5,8-9H2. The summed E-state index contributed by atoms with van der Waals surface area (Å²) in [5, 5.41) is 4.34. The fourth-order valence-corrected chi connectivity index (χ4v) is 5.01. The van der Waals surface area contributed by atoms with E-state index in [0.717, 1.165) is 17.2 Å². The first-order chi connectivity index (χ1) is 8.84. The van der Waals surface area contributed by atoms with Crippen LogP contribution in [0, 0.1) is 0 Å². The molecule has 2 nitrogen and oxygen atoms in total. The lowest BCUT2D eigenvalue weighted by Gasteiger charge is -2.22. The van der Waals surface area contributed by atoms with Gasteiger partial charge in [0.05, 0.1) is 6.42 Å². The molecule has 3 heterocycles. The molecule has 18 heavy (non-hydrogen) atoms. The topological polar surface area (TPSA) is 20.3 Å². The highest BCUT2D eigenvalue weighted by atomic mass is 32.2. The zero-order valence-corrected chi connectivity index (χ0v) is 12.2. The van der Waals surface area contributed by atoms with E-state index in [1.165, 1.54) is 4.88 Å². The van der Waals surface area contributed by atoms with Crippen molar-refractivity contribution in [1.29, 1.82) is 0 Å². The number of hydrogen-bond donors (Lipinski definition) is 0. The number of hydrogen-bond acceptors (Lipinski definition) is 4. The van der Waals surface area contributed by atoms with Crippen molar-refractivity contribution in [1.82, 2.24) is 4.90 Å². The number of nitrogens with zero attached hydrogens (tertiary/aromatic N) is 1. The molecule has 1 unspecified atom stereocenters. The van der Waals surface area contributed by atoms with Crippen LogP contribution in [-0.2, 0) is 11.2 Å². The summed E-state index contributed by atoms with van der Waals surface area (Å²) in [6, 6.07) is 8.22. The van der Waals surface area contributed by atoms with Crippen LogP contribution in [0.25, 0.3) is 0 Å². The molecule has 94 valence electrons. The smallest absolute Gasteiger partial charge is 0.229 e. The zero-order chi connectivity index (χ0) is 12.4. The van der Waals surface area contributed by atoms with E-state index >= 15 is 0 Å². The fourth-order valence-electron chi connectivity index (χ4n) is 2.06. The van der Waals surface area contributed by atoms with Crippen molar-refractivity contribution < 1.29 is 4.79 Å². The predicted octanol–water partition coefficient (Wildman–Crippen LogP) is 3.63. The first-order valence-corrected chi connectivity index (χ1v) is 8.62. The number of rotatable bonds is 3. The minimum atomic E-state index is 0.234. The van der Waals surface area contributed by atoms with Crippen LogP contribution in [0.3, 0.4) is 0 Å². The summed E-state index contributed by atoms with van der Waals surface area (Å²) in [4.78, 5) is 16.8. The normalized spacial score (nSPS) is 19.3. The summed E-state index contributed by atoms with van der Waals surface area (Å²) < 4.78 is 0. The lowest BCUT2D eigenvalue weighted by Crippen LogP contribution is -2.31. The molecule has 2 aromatic rings. The van der Waals surface area contributed by atoms with Gasteiger partial charge in [0.25, 0.3) is 0 Å². The Kier molecular flexibility index (Phi) is 3.72. The van der Waals surface area contributed by atoms with Gasteiger partial charge in [0.15, 0.2) is 0 Å². The van der Waals surface area contributed by atoms with Crippen molar-refractivity contribution >= 4 is 40.3 Å². The summed E-state index contributed by atoms with van der Waals surface area (Å²) in [7, 11) is 0. The molecule has 0 saturated carbocycles. The van der Waals surface area contributed by atoms with Crippen LogP contribution in [0.2, 0.25) is 0 Å². The maximum atomic E-state index is 12.3. The quantitative estimate of drug-likeness (QED) is 0.862. The molecule has 5 heteroatoms. The van der Waals surface area contributed by atoms with Crippen LogP contribution in [-0.4, -0.2) is 23.1 Å². The van der Waals surface area contributed by atoms with Gasteiger partial charge in [0.1, 0.15) is 5.37 Å². The first-order valence-electron chi connectivity index (χ1n) is 5.81. The maximum Gasteiger partial charge on any atom is 0.229 e. The average Bonchev–Trinajstić information content (AvgIpc) is 3.11. The first kappa shape index (κ1) is 12.3. The molecule has 0 aliphatic carbocycles. The van der Waals surface area contributed by atoms with Gasteiger partial charge < -0.3 is 4.90 Å². The van der Waals surface area contributed by atoms with E-state index < -0.39 is 0 Å². The molecular formula is C13H13NOS3. The summed E-state index contributed by atoms with van der Waals surface area (Å²) >= 11 is 5.26. The molecule has 1 fully saturated rings. The van der Waals surface area contributed by atoms with Gasteiger partial charge in [0, 0.05) is 22.1 Å². The van der Waals surface area contributed by atoms with Crippen LogP contribution < -0.4 is 0 Å². The Morgan fingerprint density at radius 3 is 2.83 bits per heavy atom. The SMILES string of the molecule is O=C(Cc1cccs1)N1CCSC1c1cccs1. The molecular weight excluding hydrogens is 282 g/mol. The minimum absolute atomic E-state index is 0.234. The third-order valence-corrected chi connectivity index (χ3v) is 6.10. The number of thiophene rings is 2. The van der Waals surface area contributed by atoms with E-state index in [9.17, 15) is 4.79 Å². The van der Waals surface area contributed by atoms with Gasteiger partial charge in [0.2, 0.25) is 5.91 Å². The van der Waals surface area contributed by atoms with Gasteiger partial charge in [-0.2, -0.15) is 0 Å². The van der Waals surface area contributed by atoms with Gasteiger partial charge in [-0.05, 0) is 22.9 Å². The lowest BCUT2D eigenvalue weighted by atomic mass is 10.3. The molecule has 0 aromatic carbocycles. The van der Waals surface area contributed by atoms with Crippen molar-refractivity contribution in [3.8, 4) is 0 Å². The van der Waals surface area contributed by atoms with Gasteiger partial charge in [-0.25, -0.2) is 0 Å². The third kappa shape index (κ3) is 2.48. The molecule has 0 N–H and O–H groups in total. The molecule has 2 aromatic heterocycles. The molecule has 1 atom stereocenters. The fraction of sp³-hybridized carbons (Fsp3) is 0.308. The van der Waals surface area contributed by atoms with E-state index in [2.05, 4.69) is 17.5 Å². The van der Waals surface area contributed by atoms with Crippen molar-refractivity contribution in [3.05, 3.63) is 44.8 Å². The van der Waals surface area contributed by atoms with E-state index in [4.69, 9.17) is 0 Å². The molecule has 0 bridgehead atoms. The molecule has 1 aliphatic rings. The number of thioether (sulfide) groups is 1. The second-order valence-corrected chi connectivity index (χ2v) is 7.28. The second-order valence-electron chi connectivity index (χ2n) is 4.08. The minimum Gasteiger partial charge on any atom is -0.325 e. The maximum absolute atomic E-state index is 12.3. The van der Waals surface area contributed by atoms with Crippen molar-refractivity contribution in [2.75, 3.05) is 12.3 Å². The van der Waals surface area contributed by atoms with Crippen LogP contribution in [0.15, 0.2) is 35.0 Å². The van der Waals surface area contributed by atoms with Gasteiger partial charge in [-0.1, -0.05) is 12.1 Å². The van der Waals surface area contributed by atoms with Crippen LogP contribution in [0.5, 0.6) is 0 Å². The van der Waals surface area contributed by atoms with Crippen LogP contribution in [0.1, 0.15) is 15.1 Å². The van der Waals surface area contributed by atoms with Gasteiger partial charge in [-0.15, -0.1) is 34.4 Å². The molecule has 0 spiro atoms. The highest BCUT2D eigenvalue weighted by Gasteiger charge is 2.31. The molecule has 3 rings (SSSR count). The Morgan fingerprint density at radius 2 is 2.11 bits per heavy atom. The molecule has 1 aliphatic heterocycles. The number of carbonyl (C=O) groups excluding carboxylic acids is 1. The zero-order valence-electron chi connectivity index (χ0n) is 9.74. The van der Waals surface area contributed by atoms with Gasteiger partial charge in [-0.3, -0.25) is 4.79 Å². The number of carbonyl (C=O) groups is 1. The summed E-state index contributed by atoms with van der Waals surface area (Å²) in [6.45, 7) is 0.872. The molecule has 1 saturated heterocycles.